The molecule has 1 fully saturated rings. The number of halogens is 2. The summed E-state index contributed by atoms with van der Waals surface area (Å²) in [7, 11) is 0. The molecule has 1 aliphatic rings. The Bertz CT molecular complexity index is 792. The second-order valence-electron chi connectivity index (χ2n) is 5.90. The lowest BCUT2D eigenvalue weighted by molar-refractivity contribution is -0.122. The molecule has 2 unspecified atom stereocenters. The van der Waals surface area contributed by atoms with Gasteiger partial charge in [0.15, 0.2) is 0 Å². The van der Waals surface area contributed by atoms with E-state index in [1.165, 1.54) is 24.3 Å². The molecule has 124 valence electrons. The molecule has 2 aromatic rings. The third-order valence-corrected chi connectivity index (χ3v) is 4.42. The second-order valence-corrected chi connectivity index (χ2v) is 6.31. The third kappa shape index (κ3) is 3.74. The van der Waals surface area contributed by atoms with E-state index in [-0.39, 0.29) is 29.5 Å². The van der Waals surface area contributed by atoms with Crippen LogP contribution in [0.3, 0.4) is 0 Å². The molecule has 0 bridgehead atoms. The van der Waals surface area contributed by atoms with Crippen molar-refractivity contribution in [3.63, 3.8) is 0 Å². The first-order valence-corrected chi connectivity index (χ1v) is 7.95. The number of amides is 2. The molecule has 6 heteroatoms. The summed E-state index contributed by atoms with van der Waals surface area (Å²) in [5.74, 6) is -1.52. The van der Waals surface area contributed by atoms with Crippen LogP contribution in [0, 0.1) is 24.6 Å². The zero-order valence-corrected chi connectivity index (χ0v) is 13.7. The standard InChI is InChI=1S/C18H16ClFN2O2/c1-10-2-5-13(8-16(10)19)22-18(24)15-9-14(15)17(23)21-12-6-3-11(20)4-7-12/h2-8,14-15H,9H2,1H3,(H,21,23)(H,22,24). The van der Waals surface area contributed by atoms with E-state index in [0.717, 1.165) is 5.56 Å². The molecule has 0 radical (unpaired) electrons. The number of nitrogens with one attached hydrogen (secondary N) is 2. The van der Waals surface area contributed by atoms with Crippen LogP contribution in [0.15, 0.2) is 42.5 Å². The first-order chi connectivity index (χ1) is 11.4. The maximum atomic E-state index is 12.8. The Kier molecular flexibility index (Phi) is 4.53. The monoisotopic (exact) mass is 346 g/mol. The number of carbonyl (C=O) groups excluding carboxylic acids is 2. The summed E-state index contributed by atoms with van der Waals surface area (Å²) in [4.78, 5) is 24.3. The SMILES string of the molecule is Cc1ccc(NC(=O)C2CC2C(=O)Nc2ccc(F)cc2)cc1Cl. The highest BCUT2D eigenvalue weighted by Crippen LogP contribution is 2.40. The lowest BCUT2D eigenvalue weighted by atomic mass is 10.2. The van der Waals surface area contributed by atoms with Gasteiger partial charge in [0.2, 0.25) is 11.8 Å². The molecular weight excluding hydrogens is 331 g/mol. The Labute approximate surface area is 144 Å². The van der Waals surface area contributed by atoms with Crippen molar-refractivity contribution in [3.8, 4) is 0 Å². The Morgan fingerprint density at radius 1 is 1.00 bits per heavy atom. The molecule has 1 saturated carbocycles. The van der Waals surface area contributed by atoms with Crippen LogP contribution in [0.4, 0.5) is 15.8 Å². The molecule has 3 rings (SSSR count). The van der Waals surface area contributed by atoms with E-state index < -0.39 is 0 Å². The smallest absolute Gasteiger partial charge is 0.228 e. The molecule has 2 aromatic carbocycles. The van der Waals surface area contributed by atoms with Crippen molar-refractivity contribution in [3.05, 3.63) is 58.9 Å². The fraction of sp³-hybridized carbons (Fsp3) is 0.222. The minimum atomic E-state index is -0.367. The van der Waals surface area contributed by atoms with Gasteiger partial charge in [-0.3, -0.25) is 9.59 Å². The lowest BCUT2D eigenvalue weighted by Crippen LogP contribution is -2.20. The van der Waals surface area contributed by atoms with Crippen LogP contribution < -0.4 is 10.6 Å². The van der Waals surface area contributed by atoms with Crippen molar-refractivity contribution in [2.45, 2.75) is 13.3 Å². The van der Waals surface area contributed by atoms with E-state index >= 15 is 0 Å². The number of carbonyl (C=O) groups is 2. The van der Waals surface area contributed by atoms with Gasteiger partial charge < -0.3 is 10.6 Å². The number of hydrogen-bond donors (Lipinski definition) is 2. The van der Waals surface area contributed by atoms with E-state index in [9.17, 15) is 14.0 Å². The highest BCUT2D eigenvalue weighted by Gasteiger charge is 2.48. The van der Waals surface area contributed by atoms with Crippen molar-refractivity contribution in [2.24, 2.45) is 11.8 Å². The van der Waals surface area contributed by atoms with E-state index in [2.05, 4.69) is 10.6 Å². The third-order valence-electron chi connectivity index (χ3n) is 4.02. The summed E-state index contributed by atoms with van der Waals surface area (Å²) >= 11 is 6.03. The van der Waals surface area contributed by atoms with Gasteiger partial charge in [-0.05, 0) is 55.3 Å². The van der Waals surface area contributed by atoms with Gasteiger partial charge in [0.05, 0.1) is 11.8 Å². The number of hydrogen-bond acceptors (Lipinski definition) is 2. The predicted octanol–water partition coefficient (Wildman–Crippen LogP) is 4.00. The maximum Gasteiger partial charge on any atom is 0.228 e. The average Bonchev–Trinajstić information content (AvgIpc) is 3.34. The van der Waals surface area contributed by atoms with Crippen LogP contribution in [-0.4, -0.2) is 11.8 Å². The van der Waals surface area contributed by atoms with Crippen LogP contribution >= 0.6 is 11.6 Å². The number of aryl methyl sites for hydroxylation is 1. The summed E-state index contributed by atoms with van der Waals surface area (Å²) in [5.41, 5.74) is 2.05. The van der Waals surface area contributed by atoms with Crippen molar-refractivity contribution in [1.82, 2.24) is 0 Å². The molecule has 0 aliphatic heterocycles. The largest absolute Gasteiger partial charge is 0.326 e. The second kappa shape index (κ2) is 6.61. The zero-order valence-electron chi connectivity index (χ0n) is 13.0. The summed E-state index contributed by atoms with van der Waals surface area (Å²) in [6.45, 7) is 1.88. The van der Waals surface area contributed by atoms with Gasteiger partial charge in [-0.2, -0.15) is 0 Å². The van der Waals surface area contributed by atoms with E-state index in [1.807, 2.05) is 13.0 Å². The van der Waals surface area contributed by atoms with Gasteiger partial charge in [0.25, 0.3) is 0 Å². The van der Waals surface area contributed by atoms with Crippen molar-refractivity contribution < 1.29 is 14.0 Å². The molecule has 2 amide bonds. The highest BCUT2D eigenvalue weighted by molar-refractivity contribution is 6.31. The fourth-order valence-electron chi connectivity index (χ4n) is 2.45. The van der Waals surface area contributed by atoms with E-state index in [4.69, 9.17) is 11.6 Å². The van der Waals surface area contributed by atoms with Crippen LogP contribution in [-0.2, 0) is 9.59 Å². The quantitative estimate of drug-likeness (QED) is 0.879. The first-order valence-electron chi connectivity index (χ1n) is 7.57. The summed E-state index contributed by atoms with van der Waals surface area (Å²) < 4.78 is 12.8. The molecule has 0 heterocycles. The Morgan fingerprint density at radius 2 is 1.54 bits per heavy atom. The van der Waals surface area contributed by atoms with Crippen molar-refractivity contribution in [1.29, 1.82) is 0 Å². The average molecular weight is 347 g/mol. The molecule has 2 atom stereocenters. The Morgan fingerprint density at radius 3 is 2.12 bits per heavy atom. The number of anilines is 2. The molecular formula is C18H16ClFN2O2. The summed E-state index contributed by atoms with van der Waals surface area (Å²) in [6, 6.07) is 10.8. The van der Waals surface area contributed by atoms with E-state index in [0.29, 0.717) is 22.8 Å². The zero-order chi connectivity index (χ0) is 17.3. The molecule has 0 saturated heterocycles. The minimum absolute atomic E-state index is 0.200. The summed E-state index contributed by atoms with van der Waals surface area (Å²) in [6.07, 6.45) is 0.498. The normalized spacial score (nSPS) is 18.8. The van der Waals surface area contributed by atoms with Gasteiger partial charge in [0, 0.05) is 16.4 Å². The molecule has 24 heavy (non-hydrogen) atoms. The Balaban J connectivity index is 1.55. The topological polar surface area (TPSA) is 58.2 Å². The van der Waals surface area contributed by atoms with Crippen molar-refractivity contribution >= 4 is 34.8 Å². The lowest BCUT2D eigenvalue weighted by Gasteiger charge is -2.07. The number of rotatable bonds is 4. The van der Waals surface area contributed by atoms with Crippen LogP contribution in [0.5, 0.6) is 0 Å². The van der Waals surface area contributed by atoms with Crippen molar-refractivity contribution in [2.75, 3.05) is 10.6 Å². The number of benzene rings is 2. The van der Waals surface area contributed by atoms with E-state index in [1.54, 1.807) is 12.1 Å². The molecule has 1 aliphatic carbocycles. The fourth-order valence-corrected chi connectivity index (χ4v) is 2.63. The summed E-state index contributed by atoms with van der Waals surface area (Å²) in [5, 5.41) is 6.04. The molecule has 0 aromatic heterocycles. The molecule has 2 N–H and O–H groups in total. The predicted molar refractivity (Wildman–Crippen MR) is 91.4 cm³/mol. The van der Waals surface area contributed by atoms with Gasteiger partial charge in [-0.25, -0.2) is 4.39 Å². The van der Waals surface area contributed by atoms with Gasteiger partial charge in [-0.15, -0.1) is 0 Å². The maximum absolute atomic E-state index is 12.8. The van der Waals surface area contributed by atoms with Gasteiger partial charge in [0.1, 0.15) is 5.82 Å². The van der Waals surface area contributed by atoms with Crippen LogP contribution in [0.1, 0.15) is 12.0 Å². The minimum Gasteiger partial charge on any atom is -0.326 e. The van der Waals surface area contributed by atoms with Crippen LogP contribution in [0.2, 0.25) is 5.02 Å². The van der Waals surface area contributed by atoms with Crippen LogP contribution in [0.25, 0.3) is 0 Å². The highest BCUT2D eigenvalue weighted by atomic mass is 35.5. The molecule has 0 spiro atoms. The van der Waals surface area contributed by atoms with Gasteiger partial charge in [-0.1, -0.05) is 17.7 Å². The first kappa shape index (κ1) is 16.5. The molecule has 4 nitrogen and oxygen atoms in total. The Hall–Kier alpha value is -2.40. The van der Waals surface area contributed by atoms with Gasteiger partial charge >= 0.3 is 0 Å².